The highest BCUT2D eigenvalue weighted by Gasteiger charge is 2.50. The predicted molar refractivity (Wildman–Crippen MR) is 97.6 cm³/mol. The van der Waals surface area contributed by atoms with Gasteiger partial charge in [-0.2, -0.15) is 5.10 Å². The van der Waals surface area contributed by atoms with Gasteiger partial charge in [-0.05, 0) is 60.7 Å². The Balaban J connectivity index is 1.33. The molecule has 1 aromatic heterocycles. The largest absolute Gasteiger partial charge is 0.355 e. The van der Waals surface area contributed by atoms with E-state index in [0.717, 1.165) is 36.1 Å². The normalized spacial score (nSPS) is 14.8. The number of hydrogen-bond acceptors (Lipinski definition) is 2. The third kappa shape index (κ3) is 3.25. The van der Waals surface area contributed by atoms with E-state index in [2.05, 4.69) is 22.5 Å². The summed E-state index contributed by atoms with van der Waals surface area (Å²) in [5.41, 5.74) is 2.61. The van der Waals surface area contributed by atoms with Crippen LogP contribution in [0.1, 0.15) is 24.0 Å². The molecule has 2 aromatic carbocycles. The van der Waals surface area contributed by atoms with E-state index in [-0.39, 0.29) is 11.7 Å². The molecular formula is C21H20FN3O. The Kier molecular flexibility index (Phi) is 4.29. The van der Waals surface area contributed by atoms with Crippen molar-refractivity contribution in [2.24, 2.45) is 0 Å². The average Bonchev–Trinajstić information content (AvgIpc) is 3.29. The number of carbonyl (C=O) groups excluding carboxylic acids is 1. The molecule has 1 aliphatic rings. The molecule has 0 bridgehead atoms. The topological polar surface area (TPSA) is 46.9 Å². The summed E-state index contributed by atoms with van der Waals surface area (Å²) >= 11 is 0. The lowest BCUT2D eigenvalue weighted by atomic mass is 9.95. The molecule has 1 saturated carbocycles. The van der Waals surface area contributed by atoms with Gasteiger partial charge in [0.05, 0.1) is 11.1 Å². The van der Waals surface area contributed by atoms with Gasteiger partial charge >= 0.3 is 0 Å². The molecule has 4 nitrogen and oxygen atoms in total. The fourth-order valence-corrected chi connectivity index (χ4v) is 3.27. The smallest absolute Gasteiger partial charge is 0.230 e. The van der Waals surface area contributed by atoms with E-state index in [0.29, 0.717) is 6.54 Å². The van der Waals surface area contributed by atoms with Gasteiger partial charge in [-0.15, -0.1) is 0 Å². The number of benzene rings is 2. The summed E-state index contributed by atoms with van der Waals surface area (Å²) in [5, 5.41) is 7.24. The van der Waals surface area contributed by atoms with Gasteiger partial charge in [0, 0.05) is 18.9 Å². The molecule has 1 N–H and O–H groups in total. The predicted octanol–water partition coefficient (Wildman–Crippen LogP) is 3.40. The van der Waals surface area contributed by atoms with Crippen molar-refractivity contribution < 1.29 is 9.18 Å². The fraction of sp³-hybridized carbons (Fsp3) is 0.238. The fourth-order valence-electron chi connectivity index (χ4n) is 3.27. The standard InChI is InChI=1S/C21H20FN3O/c22-18-6-4-17(5-7-18)21(11-12-21)20(26)23-14-10-16-2-8-19(9-3-16)25-15-1-13-24-25/h1-9,13,15H,10-12,14H2,(H,23,26). The van der Waals surface area contributed by atoms with Crippen LogP contribution in [0, 0.1) is 5.82 Å². The zero-order valence-corrected chi connectivity index (χ0v) is 14.4. The second-order valence-corrected chi connectivity index (χ2v) is 6.71. The lowest BCUT2D eigenvalue weighted by Crippen LogP contribution is -2.35. The zero-order chi connectivity index (χ0) is 18.0. The van der Waals surface area contributed by atoms with E-state index in [1.54, 1.807) is 18.3 Å². The van der Waals surface area contributed by atoms with E-state index in [1.165, 1.54) is 12.1 Å². The van der Waals surface area contributed by atoms with Gasteiger partial charge < -0.3 is 5.32 Å². The van der Waals surface area contributed by atoms with E-state index < -0.39 is 5.41 Å². The lowest BCUT2D eigenvalue weighted by Gasteiger charge is -2.16. The zero-order valence-electron chi connectivity index (χ0n) is 14.4. The van der Waals surface area contributed by atoms with Crippen molar-refractivity contribution in [3.8, 4) is 5.69 Å². The first-order chi connectivity index (χ1) is 12.7. The second kappa shape index (κ2) is 6.75. The Morgan fingerprint density at radius 1 is 1.12 bits per heavy atom. The minimum absolute atomic E-state index is 0.0391. The molecule has 132 valence electrons. The van der Waals surface area contributed by atoms with Crippen LogP contribution in [0.4, 0.5) is 4.39 Å². The van der Waals surface area contributed by atoms with Crippen molar-refractivity contribution in [1.29, 1.82) is 0 Å². The van der Waals surface area contributed by atoms with Crippen LogP contribution in [0.3, 0.4) is 0 Å². The molecule has 4 rings (SSSR count). The molecular weight excluding hydrogens is 329 g/mol. The van der Waals surface area contributed by atoms with Crippen LogP contribution < -0.4 is 5.32 Å². The van der Waals surface area contributed by atoms with Crippen molar-refractivity contribution >= 4 is 5.91 Å². The Hall–Kier alpha value is -2.95. The quantitative estimate of drug-likeness (QED) is 0.741. The number of nitrogens with zero attached hydrogens (tertiary/aromatic N) is 2. The molecule has 0 saturated heterocycles. The molecule has 0 unspecified atom stereocenters. The number of rotatable bonds is 6. The van der Waals surface area contributed by atoms with Crippen LogP contribution >= 0.6 is 0 Å². The minimum atomic E-state index is -0.461. The summed E-state index contributed by atoms with van der Waals surface area (Å²) in [7, 11) is 0. The molecule has 26 heavy (non-hydrogen) atoms. The maximum Gasteiger partial charge on any atom is 0.230 e. The minimum Gasteiger partial charge on any atom is -0.355 e. The molecule has 0 atom stereocenters. The van der Waals surface area contributed by atoms with Crippen molar-refractivity contribution in [3.05, 3.63) is 83.9 Å². The lowest BCUT2D eigenvalue weighted by molar-refractivity contribution is -0.123. The monoisotopic (exact) mass is 349 g/mol. The number of hydrogen-bond donors (Lipinski definition) is 1. The Bertz CT molecular complexity index is 882. The van der Waals surface area contributed by atoms with Crippen molar-refractivity contribution in [3.63, 3.8) is 0 Å². The Morgan fingerprint density at radius 3 is 2.46 bits per heavy atom. The van der Waals surface area contributed by atoms with Crippen LogP contribution in [-0.2, 0) is 16.6 Å². The third-order valence-corrected chi connectivity index (χ3v) is 4.99. The van der Waals surface area contributed by atoms with E-state index in [4.69, 9.17) is 0 Å². The van der Waals surface area contributed by atoms with E-state index in [1.807, 2.05) is 29.1 Å². The van der Waals surface area contributed by atoms with Crippen molar-refractivity contribution in [2.45, 2.75) is 24.7 Å². The number of halogens is 1. The Labute approximate surface area is 151 Å². The molecule has 3 aromatic rings. The summed E-state index contributed by atoms with van der Waals surface area (Å²) in [4.78, 5) is 12.6. The van der Waals surface area contributed by atoms with Gasteiger partial charge in [0.25, 0.3) is 0 Å². The van der Waals surface area contributed by atoms with Crippen molar-refractivity contribution in [2.75, 3.05) is 6.54 Å². The van der Waals surface area contributed by atoms with Crippen molar-refractivity contribution in [1.82, 2.24) is 15.1 Å². The van der Waals surface area contributed by atoms with Gasteiger partial charge in [-0.1, -0.05) is 24.3 Å². The Morgan fingerprint density at radius 2 is 1.85 bits per heavy atom. The average molecular weight is 349 g/mol. The number of aromatic nitrogens is 2. The molecule has 1 fully saturated rings. The van der Waals surface area contributed by atoms with Gasteiger partial charge in [0.15, 0.2) is 0 Å². The number of carbonyl (C=O) groups is 1. The highest BCUT2D eigenvalue weighted by atomic mass is 19.1. The SMILES string of the molecule is O=C(NCCc1ccc(-n2cccn2)cc1)C1(c2ccc(F)cc2)CC1. The molecule has 0 spiro atoms. The number of nitrogens with one attached hydrogen (secondary N) is 1. The third-order valence-electron chi connectivity index (χ3n) is 4.99. The molecule has 1 heterocycles. The van der Waals surface area contributed by atoms with Gasteiger partial charge in [0.1, 0.15) is 5.82 Å². The van der Waals surface area contributed by atoms with Crippen LogP contribution in [-0.4, -0.2) is 22.2 Å². The number of amides is 1. The highest BCUT2D eigenvalue weighted by Crippen LogP contribution is 2.48. The summed E-state index contributed by atoms with van der Waals surface area (Å²) in [5.74, 6) is -0.235. The second-order valence-electron chi connectivity index (χ2n) is 6.71. The van der Waals surface area contributed by atoms with Crippen LogP contribution in [0.5, 0.6) is 0 Å². The van der Waals surface area contributed by atoms with Crippen LogP contribution in [0.25, 0.3) is 5.69 Å². The summed E-state index contributed by atoms with van der Waals surface area (Å²) < 4.78 is 14.9. The molecule has 0 aliphatic heterocycles. The van der Waals surface area contributed by atoms with E-state index >= 15 is 0 Å². The van der Waals surface area contributed by atoms with Gasteiger partial charge in [-0.3, -0.25) is 4.79 Å². The first kappa shape index (κ1) is 16.5. The van der Waals surface area contributed by atoms with Gasteiger partial charge in [-0.25, -0.2) is 9.07 Å². The molecule has 5 heteroatoms. The first-order valence-electron chi connectivity index (χ1n) is 8.81. The van der Waals surface area contributed by atoms with Crippen LogP contribution in [0.2, 0.25) is 0 Å². The maximum absolute atomic E-state index is 13.1. The first-order valence-corrected chi connectivity index (χ1v) is 8.81. The summed E-state index contributed by atoms with van der Waals surface area (Å²) in [6.07, 6.45) is 6.06. The summed E-state index contributed by atoms with van der Waals surface area (Å²) in [6.45, 7) is 0.586. The molecule has 1 aliphatic carbocycles. The summed E-state index contributed by atoms with van der Waals surface area (Å²) in [6, 6.07) is 16.3. The van der Waals surface area contributed by atoms with E-state index in [9.17, 15) is 9.18 Å². The maximum atomic E-state index is 13.1. The highest BCUT2D eigenvalue weighted by molar-refractivity contribution is 5.91. The van der Waals surface area contributed by atoms with Gasteiger partial charge in [0.2, 0.25) is 5.91 Å². The molecule has 1 amide bonds. The van der Waals surface area contributed by atoms with Crippen LogP contribution in [0.15, 0.2) is 67.0 Å². The molecule has 0 radical (unpaired) electrons.